The average molecular weight is 524 g/mol. The highest BCUT2D eigenvalue weighted by atomic mass is 19.4. The molecule has 0 aliphatic heterocycles. The fraction of sp³-hybridized carbons (Fsp3) is 0.476. The van der Waals surface area contributed by atoms with Crippen LogP contribution in [0.1, 0.15) is 53.9 Å². The van der Waals surface area contributed by atoms with E-state index in [-0.39, 0.29) is 16.4 Å². The Morgan fingerprint density at radius 2 is 1.69 bits per heavy atom. The molecule has 196 valence electrons. The Bertz CT molecular complexity index is 1220. The molecule has 3 aromatic heterocycles. The molecule has 0 atom stereocenters. The minimum absolute atomic E-state index is 0.120. The summed E-state index contributed by atoms with van der Waals surface area (Å²) in [6, 6.07) is 4.04. The maximum absolute atomic E-state index is 13.2. The molecule has 1 amide bonds. The van der Waals surface area contributed by atoms with E-state index >= 15 is 0 Å². The van der Waals surface area contributed by atoms with Crippen molar-refractivity contribution in [2.24, 2.45) is 0 Å². The lowest BCUT2D eigenvalue weighted by atomic mass is 9.91. The van der Waals surface area contributed by atoms with E-state index < -0.39 is 54.2 Å². The number of hydrogen-bond donors (Lipinski definition) is 2. The fourth-order valence-electron chi connectivity index (χ4n) is 4.16. The van der Waals surface area contributed by atoms with E-state index in [1.165, 1.54) is 10.5 Å². The summed E-state index contributed by atoms with van der Waals surface area (Å²) in [5.74, 6) is -0.542. The molecule has 0 saturated heterocycles. The van der Waals surface area contributed by atoms with Gasteiger partial charge in [-0.05, 0) is 37.8 Å². The summed E-state index contributed by atoms with van der Waals surface area (Å²) < 4.78 is 105. The number of halogens is 8. The van der Waals surface area contributed by atoms with Crippen LogP contribution in [0.2, 0.25) is 0 Å². The number of amides is 1. The Balaban J connectivity index is 1.38. The topological polar surface area (TPSA) is 76.2 Å². The van der Waals surface area contributed by atoms with Crippen LogP contribution in [0.4, 0.5) is 40.9 Å². The maximum Gasteiger partial charge on any atom is 0.434 e. The number of imidazole rings is 1. The minimum Gasteiger partial charge on any atom is -0.368 e. The van der Waals surface area contributed by atoms with Gasteiger partial charge in [0.25, 0.3) is 12.3 Å². The van der Waals surface area contributed by atoms with Crippen LogP contribution >= 0.6 is 0 Å². The van der Waals surface area contributed by atoms with Crippen LogP contribution in [0.15, 0.2) is 30.6 Å². The first-order valence-electron chi connectivity index (χ1n) is 10.8. The van der Waals surface area contributed by atoms with Crippen LogP contribution in [0.3, 0.4) is 0 Å². The second-order valence-corrected chi connectivity index (χ2v) is 8.47. The molecule has 3 heterocycles. The Morgan fingerprint density at radius 1 is 1.03 bits per heavy atom. The molecule has 3 aromatic rings. The molecule has 1 aliphatic carbocycles. The van der Waals surface area contributed by atoms with E-state index in [0.29, 0.717) is 37.7 Å². The number of aromatic nitrogens is 4. The monoisotopic (exact) mass is 524 g/mol. The van der Waals surface area contributed by atoms with Crippen LogP contribution in [-0.2, 0) is 12.7 Å². The second kappa shape index (κ2) is 9.58. The summed E-state index contributed by atoms with van der Waals surface area (Å²) in [7, 11) is 0. The molecule has 0 aromatic carbocycles. The van der Waals surface area contributed by atoms with Crippen molar-refractivity contribution in [2.45, 2.75) is 63.1 Å². The van der Waals surface area contributed by atoms with Gasteiger partial charge in [-0.1, -0.05) is 6.07 Å². The molecule has 36 heavy (non-hydrogen) atoms. The second-order valence-electron chi connectivity index (χ2n) is 8.47. The molecule has 1 fully saturated rings. The predicted octanol–water partition coefficient (Wildman–Crippen LogP) is 5.20. The number of anilines is 1. The fourth-order valence-corrected chi connectivity index (χ4v) is 4.16. The summed E-state index contributed by atoms with van der Waals surface area (Å²) in [6.07, 6.45) is -9.15. The molecule has 15 heteroatoms. The molecule has 1 aliphatic rings. The highest BCUT2D eigenvalue weighted by Gasteiger charge is 2.35. The lowest BCUT2D eigenvalue weighted by Gasteiger charge is -2.30. The summed E-state index contributed by atoms with van der Waals surface area (Å²) in [4.78, 5) is 16.1. The third kappa shape index (κ3) is 5.87. The SMILES string of the molecule is O=C(NC1CCC(Nc2cccc3nc(C(F)(F)F)cn23)CC1)c1cn(CC(F)(F)F)nc1C(F)F. The van der Waals surface area contributed by atoms with E-state index in [9.17, 15) is 39.9 Å². The van der Waals surface area contributed by atoms with Crippen LogP contribution in [0.25, 0.3) is 5.65 Å². The Labute approximate surface area is 198 Å². The molecular formula is C21H20F8N6O. The lowest BCUT2D eigenvalue weighted by molar-refractivity contribution is -0.143. The molecule has 2 N–H and O–H groups in total. The number of nitrogens with zero attached hydrogens (tertiary/aromatic N) is 4. The van der Waals surface area contributed by atoms with Crippen molar-refractivity contribution >= 4 is 17.4 Å². The number of fused-ring (bicyclic) bond motifs is 1. The average Bonchev–Trinajstić information content (AvgIpc) is 3.39. The van der Waals surface area contributed by atoms with Crippen molar-refractivity contribution in [2.75, 3.05) is 5.32 Å². The third-order valence-electron chi connectivity index (χ3n) is 5.78. The normalized spacial score (nSPS) is 19.1. The standard InChI is InChI=1S/C21H20F8N6O/c22-18(23)17-13(8-34(33-17)10-20(24,25)26)19(36)31-12-6-4-11(5-7-12)30-15-2-1-3-16-32-14(9-35(15)16)21(27,28)29/h1-3,8-9,11-12,18,30H,4-7,10H2,(H,31,36). The first-order chi connectivity index (χ1) is 16.8. The van der Waals surface area contributed by atoms with Gasteiger partial charge in [0, 0.05) is 24.5 Å². The zero-order valence-corrected chi connectivity index (χ0v) is 18.4. The Hall–Kier alpha value is -3.39. The van der Waals surface area contributed by atoms with Gasteiger partial charge >= 0.3 is 12.4 Å². The van der Waals surface area contributed by atoms with Gasteiger partial charge in [-0.25, -0.2) is 13.8 Å². The molecule has 0 unspecified atom stereocenters. The largest absolute Gasteiger partial charge is 0.434 e. The van der Waals surface area contributed by atoms with E-state index in [0.717, 1.165) is 6.20 Å². The van der Waals surface area contributed by atoms with Gasteiger partial charge < -0.3 is 10.6 Å². The number of nitrogens with one attached hydrogen (secondary N) is 2. The van der Waals surface area contributed by atoms with Crippen molar-refractivity contribution in [1.82, 2.24) is 24.5 Å². The highest BCUT2D eigenvalue weighted by Crippen LogP contribution is 2.30. The van der Waals surface area contributed by atoms with Crippen molar-refractivity contribution in [3.63, 3.8) is 0 Å². The summed E-state index contributed by atoms with van der Waals surface area (Å²) in [5, 5.41) is 8.94. The summed E-state index contributed by atoms with van der Waals surface area (Å²) in [6.45, 7) is -1.61. The number of alkyl halides is 8. The van der Waals surface area contributed by atoms with Gasteiger partial charge in [0.2, 0.25) is 0 Å². The van der Waals surface area contributed by atoms with Gasteiger partial charge in [-0.15, -0.1) is 0 Å². The van der Waals surface area contributed by atoms with Crippen molar-refractivity contribution in [3.8, 4) is 0 Å². The summed E-state index contributed by atoms with van der Waals surface area (Å²) >= 11 is 0. The smallest absolute Gasteiger partial charge is 0.368 e. The minimum atomic E-state index is -4.69. The maximum atomic E-state index is 13.2. The lowest BCUT2D eigenvalue weighted by Crippen LogP contribution is -2.40. The third-order valence-corrected chi connectivity index (χ3v) is 5.78. The van der Waals surface area contributed by atoms with Crippen LogP contribution in [-0.4, -0.2) is 43.3 Å². The van der Waals surface area contributed by atoms with Gasteiger partial charge in [-0.2, -0.15) is 31.4 Å². The van der Waals surface area contributed by atoms with Gasteiger partial charge in [0.15, 0.2) is 5.69 Å². The molecule has 0 spiro atoms. The molecule has 7 nitrogen and oxygen atoms in total. The van der Waals surface area contributed by atoms with Crippen molar-refractivity contribution < 1.29 is 39.9 Å². The first kappa shape index (κ1) is 25.7. The van der Waals surface area contributed by atoms with Gasteiger partial charge in [-0.3, -0.25) is 13.9 Å². The predicted molar refractivity (Wildman–Crippen MR) is 111 cm³/mol. The quantitative estimate of drug-likeness (QED) is 0.435. The molecular weight excluding hydrogens is 504 g/mol. The van der Waals surface area contributed by atoms with Crippen LogP contribution < -0.4 is 10.6 Å². The van der Waals surface area contributed by atoms with Gasteiger partial charge in [0.1, 0.15) is 23.7 Å². The highest BCUT2D eigenvalue weighted by molar-refractivity contribution is 5.95. The number of carbonyl (C=O) groups excluding carboxylic acids is 1. The van der Waals surface area contributed by atoms with Gasteiger partial charge in [0.05, 0.1) is 5.56 Å². The first-order valence-corrected chi connectivity index (χ1v) is 10.8. The Kier molecular flexibility index (Phi) is 6.84. The number of rotatable bonds is 6. The summed E-state index contributed by atoms with van der Waals surface area (Å²) in [5.41, 5.74) is -2.56. The zero-order valence-electron chi connectivity index (χ0n) is 18.4. The van der Waals surface area contributed by atoms with E-state index in [1.54, 1.807) is 12.1 Å². The van der Waals surface area contributed by atoms with Crippen molar-refractivity contribution in [3.05, 3.63) is 47.5 Å². The van der Waals surface area contributed by atoms with E-state index in [2.05, 4.69) is 20.7 Å². The van der Waals surface area contributed by atoms with E-state index in [1.807, 2.05) is 0 Å². The van der Waals surface area contributed by atoms with Crippen LogP contribution in [0, 0.1) is 0 Å². The number of pyridine rings is 1. The molecule has 0 bridgehead atoms. The molecule has 4 rings (SSSR count). The Morgan fingerprint density at radius 3 is 2.31 bits per heavy atom. The number of hydrogen-bond acceptors (Lipinski definition) is 4. The number of carbonyl (C=O) groups is 1. The molecule has 1 saturated carbocycles. The van der Waals surface area contributed by atoms with Crippen LogP contribution in [0.5, 0.6) is 0 Å². The molecule has 0 radical (unpaired) electrons. The van der Waals surface area contributed by atoms with E-state index in [4.69, 9.17) is 0 Å². The van der Waals surface area contributed by atoms with Crippen molar-refractivity contribution in [1.29, 1.82) is 0 Å². The zero-order chi connectivity index (χ0) is 26.3.